The van der Waals surface area contributed by atoms with Crippen molar-refractivity contribution < 1.29 is 37.4 Å². The van der Waals surface area contributed by atoms with Crippen molar-refractivity contribution in [2.24, 2.45) is 5.92 Å². The first-order valence-electron chi connectivity index (χ1n) is 11.9. The fourth-order valence-corrected chi connectivity index (χ4v) is 4.54. The number of carboxylic acid groups (broad SMARTS) is 1. The smallest absolute Gasteiger partial charge is 0.475 e. The molecule has 0 radical (unpaired) electrons. The Morgan fingerprint density at radius 2 is 1.86 bits per heavy atom. The number of piperidine rings is 1. The molecule has 1 aromatic heterocycles. The third-order valence-electron chi connectivity index (χ3n) is 6.70. The highest BCUT2D eigenvalue weighted by atomic mass is 19.4. The first kappa shape index (κ1) is 28.1. The van der Waals surface area contributed by atoms with Crippen molar-refractivity contribution in [3.8, 4) is 0 Å². The summed E-state index contributed by atoms with van der Waals surface area (Å²) in [6.45, 7) is 5.52. The van der Waals surface area contributed by atoms with Crippen molar-refractivity contribution in [3.05, 3.63) is 59.9 Å². The third-order valence-corrected chi connectivity index (χ3v) is 6.70. The lowest BCUT2D eigenvalue weighted by molar-refractivity contribution is -0.192. The van der Waals surface area contributed by atoms with E-state index in [9.17, 15) is 22.8 Å². The lowest BCUT2D eigenvalue weighted by Crippen LogP contribution is -2.53. The Balaban J connectivity index is 0.000000479. The van der Waals surface area contributed by atoms with E-state index >= 15 is 0 Å². The van der Waals surface area contributed by atoms with Crippen LogP contribution in [-0.2, 0) is 25.5 Å². The molecule has 8 nitrogen and oxygen atoms in total. The SMILES string of the molecule is Cc1ccc(CC(=O)N2CCC3(CCC(C(=O)Nc4cccnc4)O3)C(C)C2)cc1.O=C(O)C(F)(F)F. The molecular weight excluding hydrogens is 491 g/mol. The van der Waals surface area contributed by atoms with Gasteiger partial charge in [0.2, 0.25) is 5.91 Å². The van der Waals surface area contributed by atoms with Crippen LogP contribution in [0.15, 0.2) is 48.8 Å². The molecule has 2 aliphatic rings. The second kappa shape index (κ2) is 11.7. The van der Waals surface area contributed by atoms with E-state index in [4.69, 9.17) is 14.6 Å². The van der Waals surface area contributed by atoms with E-state index in [0.717, 1.165) is 18.4 Å². The Kier molecular flexibility index (Phi) is 8.90. The summed E-state index contributed by atoms with van der Waals surface area (Å²) in [5, 5.41) is 10.0. The molecule has 3 unspecified atom stereocenters. The van der Waals surface area contributed by atoms with Gasteiger partial charge in [-0.25, -0.2) is 4.79 Å². The van der Waals surface area contributed by atoms with E-state index in [1.165, 1.54) is 5.56 Å². The highest BCUT2D eigenvalue weighted by molar-refractivity contribution is 5.94. The molecule has 200 valence electrons. The number of aromatic nitrogens is 1. The number of anilines is 1. The number of amides is 2. The summed E-state index contributed by atoms with van der Waals surface area (Å²) in [7, 11) is 0. The summed E-state index contributed by atoms with van der Waals surface area (Å²) in [6.07, 6.45) is 0.506. The number of likely N-dealkylation sites (tertiary alicyclic amines) is 1. The minimum atomic E-state index is -5.08. The number of benzene rings is 1. The lowest BCUT2D eigenvalue weighted by Gasteiger charge is -2.44. The Labute approximate surface area is 212 Å². The Morgan fingerprint density at radius 3 is 2.43 bits per heavy atom. The van der Waals surface area contributed by atoms with Crippen molar-refractivity contribution in [2.75, 3.05) is 18.4 Å². The maximum Gasteiger partial charge on any atom is 0.490 e. The van der Waals surface area contributed by atoms with Gasteiger partial charge in [-0.2, -0.15) is 13.2 Å². The quantitative estimate of drug-likeness (QED) is 0.630. The highest BCUT2D eigenvalue weighted by Crippen LogP contribution is 2.42. The first-order valence-corrected chi connectivity index (χ1v) is 11.9. The van der Waals surface area contributed by atoms with E-state index in [-0.39, 0.29) is 23.3 Å². The number of aryl methyl sites for hydroxylation is 1. The molecule has 37 heavy (non-hydrogen) atoms. The number of nitrogens with one attached hydrogen (secondary N) is 1. The van der Waals surface area contributed by atoms with Crippen molar-refractivity contribution in [1.82, 2.24) is 9.88 Å². The molecule has 2 fully saturated rings. The van der Waals surface area contributed by atoms with E-state index < -0.39 is 18.2 Å². The minimum Gasteiger partial charge on any atom is -0.475 e. The van der Waals surface area contributed by atoms with Crippen molar-refractivity contribution >= 4 is 23.5 Å². The number of aliphatic carboxylic acids is 1. The summed E-state index contributed by atoms with van der Waals surface area (Å²) >= 11 is 0. The lowest BCUT2D eigenvalue weighted by atomic mass is 9.80. The molecule has 1 spiro atoms. The topological polar surface area (TPSA) is 109 Å². The molecule has 2 N–H and O–H groups in total. The van der Waals surface area contributed by atoms with Gasteiger partial charge in [0.25, 0.3) is 5.91 Å². The van der Waals surface area contributed by atoms with Crippen LogP contribution in [0.1, 0.15) is 37.3 Å². The zero-order valence-corrected chi connectivity index (χ0v) is 20.6. The van der Waals surface area contributed by atoms with Crippen LogP contribution in [0.5, 0.6) is 0 Å². The minimum absolute atomic E-state index is 0.120. The highest BCUT2D eigenvalue weighted by Gasteiger charge is 2.49. The Bertz CT molecular complexity index is 1090. The number of hydrogen-bond acceptors (Lipinski definition) is 5. The molecular formula is C26H30F3N3O5. The number of carboxylic acids is 1. The molecule has 2 saturated heterocycles. The standard InChI is InChI=1S/C24H29N3O3.C2HF3O2/c1-17-5-7-19(8-6-17)14-22(28)27-13-11-24(18(2)16-27)10-9-21(30-24)23(29)26-20-4-3-12-25-15-20;3-2(4,5)1(6)7/h3-8,12,15,18,21H,9-11,13-14,16H2,1-2H3,(H,26,29);(H,6,7). The van der Waals surface area contributed by atoms with E-state index in [2.05, 4.69) is 17.2 Å². The number of rotatable bonds is 4. The van der Waals surface area contributed by atoms with Gasteiger partial charge < -0.3 is 20.1 Å². The number of alkyl halides is 3. The van der Waals surface area contributed by atoms with Gasteiger partial charge in [0, 0.05) is 25.2 Å². The van der Waals surface area contributed by atoms with E-state index in [1.807, 2.05) is 42.2 Å². The Morgan fingerprint density at radius 1 is 1.19 bits per heavy atom. The molecule has 1 aromatic carbocycles. The number of hydrogen-bond donors (Lipinski definition) is 2. The fraction of sp³-hybridized carbons (Fsp3) is 0.462. The second-order valence-corrected chi connectivity index (χ2v) is 9.40. The number of carbonyl (C=O) groups excluding carboxylic acids is 2. The molecule has 0 saturated carbocycles. The van der Waals surface area contributed by atoms with Crippen molar-refractivity contribution in [2.45, 2.75) is 57.4 Å². The van der Waals surface area contributed by atoms with Crippen molar-refractivity contribution in [3.63, 3.8) is 0 Å². The van der Waals surface area contributed by atoms with Gasteiger partial charge in [-0.05, 0) is 43.9 Å². The monoisotopic (exact) mass is 521 g/mol. The van der Waals surface area contributed by atoms with Crippen molar-refractivity contribution in [1.29, 1.82) is 0 Å². The number of ether oxygens (including phenoxy) is 1. The normalized spacial score (nSPS) is 23.2. The van der Waals surface area contributed by atoms with Crippen LogP contribution in [0.4, 0.5) is 18.9 Å². The van der Waals surface area contributed by atoms with Gasteiger partial charge in [0.05, 0.1) is 23.9 Å². The largest absolute Gasteiger partial charge is 0.490 e. The number of carbonyl (C=O) groups is 3. The summed E-state index contributed by atoms with van der Waals surface area (Å²) in [5.74, 6) is -2.54. The van der Waals surface area contributed by atoms with Gasteiger partial charge in [-0.15, -0.1) is 0 Å². The predicted molar refractivity (Wildman–Crippen MR) is 129 cm³/mol. The van der Waals surface area contributed by atoms with Crippen LogP contribution in [0.25, 0.3) is 0 Å². The molecule has 2 amide bonds. The average Bonchev–Trinajstić information content (AvgIpc) is 3.28. The summed E-state index contributed by atoms with van der Waals surface area (Å²) < 4.78 is 38.1. The van der Waals surface area contributed by atoms with Gasteiger partial charge in [-0.1, -0.05) is 36.8 Å². The van der Waals surface area contributed by atoms with Crippen LogP contribution in [0.3, 0.4) is 0 Å². The second-order valence-electron chi connectivity index (χ2n) is 9.40. The number of pyridine rings is 1. The molecule has 3 atom stereocenters. The van der Waals surface area contributed by atoms with Gasteiger partial charge in [0.15, 0.2) is 0 Å². The third kappa shape index (κ3) is 7.51. The van der Waals surface area contributed by atoms with E-state index in [1.54, 1.807) is 18.5 Å². The molecule has 3 heterocycles. The van der Waals surface area contributed by atoms with Gasteiger partial charge in [0.1, 0.15) is 6.10 Å². The van der Waals surface area contributed by atoms with Gasteiger partial charge >= 0.3 is 12.1 Å². The first-order chi connectivity index (χ1) is 17.4. The summed E-state index contributed by atoms with van der Waals surface area (Å²) in [4.78, 5) is 40.3. The maximum atomic E-state index is 12.8. The Hall–Kier alpha value is -3.47. The molecule has 0 bridgehead atoms. The van der Waals surface area contributed by atoms with Crippen LogP contribution in [0, 0.1) is 12.8 Å². The van der Waals surface area contributed by atoms with Crippen LogP contribution in [-0.4, -0.2) is 63.7 Å². The van der Waals surface area contributed by atoms with Crippen LogP contribution >= 0.6 is 0 Å². The predicted octanol–water partition coefficient (Wildman–Crippen LogP) is 3.99. The average molecular weight is 522 g/mol. The summed E-state index contributed by atoms with van der Waals surface area (Å²) in [5.41, 5.74) is 2.59. The van der Waals surface area contributed by atoms with Crippen LogP contribution < -0.4 is 5.32 Å². The molecule has 0 aliphatic carbocycles. The zero-order valence-electron chi connectivity index (χ0n) is 20.6. The maximum absolute atomic E-state index is 12.8. The molecule has 2 aliphatic heterocycles. The molecule has 2 aromatic rings. The van der Waals surface area contributed by atoms with Crippen LogP contribution in [0.2, 0.25) is 0 Å². The zero-order chi connectivity index (χ0) is 27.2. The number of halogens is 3. The fourth-order valence-electron chi connectivity index (χ4n) is 4.54. The summed E-state index contributed by atoms with van der Waals surface area (Å²) in [6, 6.07) is 11.7. The van der Waals surface area contributed by atoms with Gasteiger partial charge in [-0.3, -0.25) is 14.6 Å². The molecule has 11 heteroatoms. The van der Waals surface area contributed by atoms with E-state index in [0.29, 0.717) is 31.6 Å². The number of nitrogens with zero attached hydrogens (tertiary/aromatic N) is 2. The molecule has 4 rings (SSSR count).